The number of amides is 3. The molecule has 0 radical (unpaired) electrons. The molecule has 2 unspecified atom stereocenters. The minimum Gasteiger partial charge on any atom is -0.453 e. The third kappa shape index (κ3) is 11.1. The van der Waals surface area contributed by atoms with Crippen LogP contribution in [-0.4, -0.2) is 84.2 Å². The van der Waals surface area contributed by atoms with Gasteiger partial charge in [0.25, 0.3) is 5.91 Å². The van der Waals surface area contributed by atoms with Crippen molar-refractivity contribution in [3.8, 4) is 0 Å². The van der Waals surface area contributed by atoms with E-state index in [0.717, 1.165) is 37.5 Å². The standard InChI is InChI=1S/C41H56N6O8/c1-25(2)34(44-39(51)54-5)37(49)33(41(42,53)29-18-11-8-12-19-29)30(36(48)32-22-21-28-17-13-14-20-31(28)43-32)24-47(23-27-15-9-7-10-16-27)46-38(50)35(26(3)4)45-40(52)55-6/h8,11-14,17-22,25-27,30,33-35,53H,7,9-10,15-16,23-24,42H2,1-6H3,(H,44,51)(H,45,52)(H,46,50)/t30-,33?,34-,35-,41?/m0/s1. The molecule has 6 N–H and O–H groups in total. The fourth-order valence-corrected chi connectivity index (χ4v) is 7.32. The summed E-state index contributed by atoms with van der Waals surface area (Å²) in [6.45, 7) is 6.98. The zero-order chi connectivity index (χ0) is 40.3. The molecular formula is C41H56N6O8. The fraction of sp³-hybridized carbons (Fsp3) is 0.512. The van der Waals surface area contributed by atoms with Crippen molar-refractivity contribution in [1.29, 1.82) is 0 Å². The second kappa shape index (κ2) is 19.6. The Bertz CT molecular complexity index is 1780. The first-order valence-electron chi connectivity index (χ1n) is 18.9. The van der Waals surface area contributed by atoms with Crippen LogP contribution in [0, 0.1) is 29.6 Å². The molecule has 4 rings (SSSR count). The number of carbonyl (C=O) groups is 5. The summed E-state index contributed by atoms with van der Waals surface area (Å²) < 4.78 is 9.64. The van der Waals surface area contributed by atoms with Crippen LogP contribution in [0.25, 0.3) is 10.9 Å². The number of Topliss-reactive ketones (excluding diaryl/α,β-unsaturated/α-hetero) is 2. The Kier molecular flexibility index (Phi) is 15.3. The van der Waals surface area contributed by atoms with Crippen molar-refractivity contribution in [2.75, 3.05) is 27.3 Å². The van der Waals surface area contributed by atoms with E-state index in [9.17, 15) is 19.5 Å². The van der Waals surface area contributed by atoms with Gasteiger partial charge in [-0.3, -0.25) is 25.5 Å². The molecule has 3 aromatic rings. The molecular weight excluding hydrogens is 704 g/mol. The van der Waals surface area contributed by atoms with Gasteiger partial charge in [0, 0.05) is 18.5 Å². The number of aliphatic hydroxyl groups is 1. The highest BCUT2D eigenvalue weighted by Gasteiger charge is 2.51. The Morgan fingerprint density at radius 2 is 1.42 bits per heavy atom. The SMILES string of the molecule is COC(=O)N[C@H](C(=O)NN(CC1CCCCC1)C[C@H](C(=O)c1ccc2ccccc2n1)C(C(=O)[C@@H](NC(=O)OC)C(C)C)C(N)(O)c1ccccc1)C(C)C. The summed E-state index contributed by atoms with van der Waals surface area (Å²) in [5.74, 6) is -5.78. The lowest BCUT2D eigenvalue weighted by Crippen LogP contribution is -2.61. The summed E-state index contributed by atoms with van der Waals surface area (Å²) in [4.78, 5) is 73.7. The number of hydrogen-bond donors (Lipinski definition) is 5. The number of benzene rings is 2. The van der Waals surface area contributed by atoms with Gasteiger partial charge < -0.3 is 25.2 Å². The number of hydrogen-bond acceptors (Lipinski definition) is 11. The molecule has 1 aliphatic rings. The van der Waals surface area contributed by atoms with Crippen molar-refractivity contribution in [3.63, 3.8) is 0 Å². The number of methoxy groups -OCH3 is 2. The first-order valence-corrected chi connectivity index (χ1v) is 18.9. The van der Waals surface area contributed by atoms with E-state index < -0.39 is 65.2 Å². The summed E-state index contributed by atoms with van der Waals surface area (Å²) >= 11 is 0. The summed E-state index contributed by atoms with van der Waals surface area (Å²) in [6.07, 6.45) is 3.13. The van der Waals surface area contributed by atoms with Crippen LogP contribution in [0.1, 0.15) is 75.9 Å². The van der Waals surface area contributed by atoms with Gasteiger partial charge in [0.05, 0.1) is 37.6 Å². The van der Waals surface area contributed by atoms with Crippen molar-refractivity contribution in [3.05, 3.63) is 78.0 Å². The number of rotatable bonds is 17. The highest BCUT2D eigenvalue weighted by molar-refractivity contribution is 6.02. The van der Waals surface area contributed by atoms with E-state index in [4.69, 9.17) is 15.2 Å². The van der Waals surface area contributed by atoms with Gasteiger partial charge in [-0.15, -0.1) is 0 Å². The Balaban J connectivity index is 1.92. The maximum atomic E-state index is 15.1. The Hall–Kier alpha value is -4.92. The molecule has 0 saturated heterocycles. The lowest BCUT2D eigenvalue weighted by atomic mass is 9.71. The third-order valence-corrected chi connectivity index (χ3v) is 10.3. The summed E-state index contributed by atoms with van der Waals surface area (Å²) in [6, 6.07) is 16.5. The Labute approximate surface area is 322 Å². The zero-order valence-corrected chi connectivity index (χ0v) is 32.6. The van der Waals surface area contributed by atoms with Crippen LogP contribution in [0.3, 0.4) is 0 Å². The number of ketones is 2. The van der Waals surface area contributed by atoms with E-state index in [1.165, 1.54) is 14.2 Å². The molecule has 1 aromatic heterocycles. The zero-order valence-electron chi connectivity index (χ0n) is 32.6. The highest BCUT2D eigenvalue weighted by atomic mass is 16.5. The van der Waals surface area contributed by atoms with Crippen molar-refractivity contribution < 1.29 is 38.6 Å². The maximum absolute atomic E-state index is 15.1. The van der Waals surface area contributed by atoms with Crippen LogP contribution in [0.2, 0.25) is 0 Å². The monoisotopic (exact) mass is 760 g/mol. The van der Waals surface area contributed by atoms with Crippen LogP contribution in [0.5, 0.6) is 0 Å². The second-order valence-corrected chi connectivity index (χ2v) is 15.0. The molecule has 1 saturated carbocycles. The number of pyridine rings is 1. The molecule has 14 heteroatoms. The quantitative estimate of drug-likeness (QED) is 0.0726. The molecule has 1 fully saturated rings. The van der Waals surface area contributed by atoms with E-state index in [1.807, 2.05) is 12.1 Å². The number of nitrogens with zero attached hydrogens (tertiary/aromatic N) is 2. The minimum absolute atomic E-state index is 0.0174. The van der Waals surface area contributed by atoms with Crippen LogP contribution >= 0.6 is 0 Å². The molecule has 1 heterocycles. The molecule has 0 spiro atoms. The highest BCUT2D eigenvalue weighted by Crippen LogP contribution is 2.36. The topological polar surface area (TPSA) is 202 Å². The van der Waals surface area contributed by atoms with Gasteiger partial charge in [0.15, 0.2) is 11.6 Å². The van der Waals surface area contributed by atoms with Gasteiger partial charge in [-0.2, -0.15) is 0 Å². The lowest BCUT2D eigenvalue weighted by Gasteiger charge is -2.41. The van der Waals surface area contributed by atoms with Crippen LogP contribution < -0.4 is 21.8 Å². The molecule has 2 aromatic carbocycles. The van der Waals surface area contributed by atoms with Crippen molar-refractivity contribution >= 4 is 40.6 Å². The van der Waals surface area contributed by atoms with Crippen molar-refractivity contribution in [2.45, 2.75) is 77.6 Å². The van der Waals surface area contributed by atoms with E-state index in [-0.39, 0.29) is 29.6 Å². The smallest absolute Gasteiger partial charge is 0.407 e. The third-order valence-electron chi connectivity index (χ3n) is 10.3. The number of carbonyl (C=O) groups excluding carboxylic acids is 5. The summed E-state index contributed by atoms with van der Waals surface area (Å²) in [7, 11) is 2.37. The molecule has 14 nitrogen and oxygen atoms in total. The fourth-order valence-electron chi connectivity index (χ4n) is 7.32. The van der Waals surface area contributed by atoms with Crippen molar-refractivity contribution in [2.24, 2.45) is 35.3 Å². The van der Waals surface area contributed by atoms with E-state index in [1.54, 1.807) is 87.3 Å². The van der Waals surface area contributed by atoms with Gasteiger partial charge in [-0.1, -0.05) is 102 Å². The molecule has 1 aliphatic carbocycles. The number of aromatic nitrogens is 1. The molecule has 5 atom stereocenters. The Morgan fingerprint density at radius 1 is 0.836 bits per heavy atom. The number of para-hydroxylation sites is 1. The first kappa shape index (κ1) is 42.8. The number of hydrazine groups is 1. The van der Waals surface area contributed by atoms with E-state index >= 15 is 9.59 Å². The second-order valence-electron chi connectivity index (χ2n) is 15.0. The number of nitrogens with two attached hydrogens (primary N) is 1. The summed E-state index contributed by atoms with van der Waals surface area (Å²) in [5, 5.41) is 20.0. The average molecular weight is 761 g/mol. The van der Waals surface area contributed by atoms with Gasteiger partial charge in [-0.05, 0) is 48.3 Å². The molecule has 3 amide bonds. The molecule has 298 valence electrons. The van der Waals surface area contributed by atoms with Gasteiger partial charge in [0.2, 0.25) is 0 Å². The van der Waals surface area contributed by atoms with Gasteiger partial charge in [-0.25, -0.2) is 19.6 Å². The number of ether oxygens (including phenoxy) is 2. The average Bonchev–Trinajstić information content (AvgIpc) is 3.18. The predicted octanol–water partition coefficient (Wildman–Crippen LogP) is 4.70. The lowest BCUT2D eigenvalue weighted by molar-refractivity contribution is -0.141. The van der Waals surface area contributed by atoms with Crippen molar-refractivity contribution in [1.82, 2.24) is 26.1 Å². The normalized spacial score (nSPS) is 16.8. The van der Waals surface area contributed by atoms with Gasteiger partial charge in [0.1, 0.15) is 17.5 Å². The number of fused-ring (bicyclic) bond motifs is 1. The molecule has 0 aliphatic heterocycles. The van der Waals surface area contributed by atoms with E-state index in [0.29, 0.717) is 12.1 Å². The first-order chi connectivity index (χ1) is 26.2. The van der Waals surface area contributed by atoms with Crippen LogP contribution in [-0.2, 0) is 24.8 Å². The van der Waals surface area contributed by atoms with Gasteiger partial charge >= 0.3 is 12.2 Å². The predicted molar refractivity (Wildman–Crippen MR) is 207 cm³/mol. The minimum atomic E-state index is -2.46. The van der Waals surface area contributed by atoms with Crippen LogP contribution in [0.4, 0.5) is 9.59 Å². The maximum Gasteiger partial charge on any atom is 0.407 e. The largest absolute Gasteiger partial charge is 0.453 e. The summed E-state index contributed by atoms with van der Waals surface area (Å²) in [5.41, 5.74) is 8.06. The van der Waals surface area contributed by atoms with Crippen LogP contribution in [0.15, 0.2) is 66.7 Å². The number of nitrogens with one attached hydrogen (secondary N) is 3. The van der Waals surface area contributed by atoms with E-state index in [2.05, 4.69) is 21.0 Å². The Morgan fingerprint density at radius 3 is 2.02 bits per heavy atom. The molecule has 55 heavy (non-hydrogen) atoms. The molecule has 0 bridgehead atoms. The number of alkyl carbamates (subject to hydrolysis) is 2.